The van der Waals surface area contributed by atoms with Crippen LogP contribution in [0.1, 0.15) is 37.8 Å². The van der Waals surface area contributed by atoms with Gasteiger partial charge in [-0.15, -0.1) is 0 Å². The highest BCUT2D eigenvalue weighted by atomic mass is 16.5. The second-order valence-electron chi connectivity index (χ2n) is 8.97. The molecule has 0 fully saturated rings. The molecule has 0 bridgehead atoms. The SMILES string of the molecule is COc1cc2c(cc1OC)C(CC(C)C(=O)O)(CC(C)C(=O)O)c1cc3ccccc3cc1-2. The molecule has 4 rings (SSSR count). The van der Waals surface area contributed by atoms with Gasteiger partial charge in [0.2, 0.25) is 0 Å². The highest BCUT2D eigenvalue weighted by Gasteiger charge is 2.47. The lowest BCUT2D eigenvalue weighted by Gasteiger charge is -2.35. The first-order chi connectivity index (χ1) is 15.7. The predicted molar refractivity (Wildman–Crippen MR) is 126 cm³/mol. The normalized spacial score (nSPS) is 18.3. The second-order valence-corrected chi connectivity index (χ2v) is 8.97. The summed E-state index contributed by atoms with van der Waals surface area (Å²) in [5.41, 5.74) is 2.92. The van der Waals surface area contributed by atoms with Crippen molar-refractivity contribution in [3.8, 4) is 22.6 Å². The smallest absolute Gasteiger partial charge is 0.306 e. The third-order valence-electron chi connectivity index (χ3n) is 6.88. The van der Waals surface area contributed by atoms with Gasteiger partial charge in [0.1, 0.15) is 0 Å². The van der Waals surface area contributed by atoms with Crippen LogP contribution in [0.15, 0.2) is 48.5 Å². The number of benzene rings is 3. The molecule has 0 aromatic heterocycles. The Morgan fingerprint density at radius 1 is 0.788 bits per heavy atom. The van der Waals surface area contributed by atoms with E-state index in [0.29, 0.717) is 11.5 Å². The van der Waals surface area contributed by atoms with E-state index >= 15 is 0 Å². The standard InChI is InChI=1S/C27H28O6/c1-15(25(28)29)13-27(14-16(2)26(30)31)21-10-18-8-6-5-7-17(18)9-19(21)20-11-23(32-3)24(33-4)12-22(20)27/h5-12,15-16H,13-14H2,1-4H3,(H,28,29)(H,30,31). The average molecular weight is 449 g/mol. The fourth-order valence-corrected chi connectivity index (χ4v) is 5.25. The van der Waals surface area contributed by atoms with Crippen LogP contribution >= 0.6 is 0 Å². The lowest BCUT2D eigenvalue weighted by Crippen LogP contribution is -2.34. The number of aliphatic carboxylic acids is 2. The molecule has 1 aliphatic rings. The summed E-state index contributed by atoms with van der Waals surface area (Å²) in [6.07, 6.45) is 0.543. The molecule has 3 aromatic carbocycles. The average Bonchev–Trinajstić information content (AvgIpc) is 3.04. The predicted octanol–water partition coefficient (Wildman–Crippen LogP) is 5.35. The van der Waals surface area contributed by atoms with Crippen LogP contribution in [0.25, 0.3) is 21.9 Å². The summed E-state index contributed by atoms with van der Waals surface area (Å²) in [5, 5.41) is 21.7. The molecule has 0 saturated carbocycles. The van der Waals surface area contributed by atoms with Crippen LogP contribution in [-0.4, -0.2) is 36.4 Å². The monoisotopic (exact) mass is 448 g/mol. The highest BCUT2D eigenvalue weighted by molar-refractivity contribution is 5.94. The molecule has 0 saturated heterocycles. The van der Waals surface area contributed by atoms with Crippen molar-refractivity contribution in [1.29, 1.82) is 0 Å². The van der Waals surface area contributed by atoms with Crippen LogP contribution in [0, 0.1) is 11.8 Å². The van der Waals surface area contributed by atoms with Gasteiger partial charge in [-0.2, -0.15) is 0 Å². The van der Waals surface area contributed by atoms with E-state index in [1.807, 2.05) is 36.4 Å². The largest absolute Gasteiger partial charge is 0.493 e. The maximum absolute atomic E-state index is 11.9. The summed E-state index contributed by atoms with van der Waals surface area (Å²) >= 11 is 0. The van der Waals surface area contributed by atoms with E-state index in [9.17, 15) is 19.8 Å². The maximum atomic E-state index is 11.9. The fourth-order valence-electron chi connectivity index (χ4n) is 5.25. The van der Waals surface area contributed by atoms with E-state index in [-0.39, 0.29) is 12.8 Å². The van der Waals surface area contributed by atoms with Gasteiger partial charge in [-0.3, -0.25) is 9.59 Å². The van der Waals surface area contributed by atoms with E-state index < -0.39 is 29.2 Å². The first kappa shape index (κ1) is 22.6. The van der Waals surface area contributed by atoms with Crippen LogP contribution < -0.4 is 9.47 Å². The third kappa shape index (κ3) is 3.69. The molecular formula is C27H28O6. The summed E-state index contributed by atoms with van der Waals surface area (Å²) in [7, 11) is 3.13. The van der Waals surface area contributed by atoms with Crippen molar-refractivity contribution in [2.24, 2.45) is 11.8 Å². The minimum absolute atomic E-state index is 0.272. The van der Waals surface area contributed by atoms with Crippen molar-refractivity contribution in [1.82, 2.24) is 0 Å². The van der Waals surface area contributed by atoms with Gasteiger partial charge in [0.15, 0.2) is 11.5 Å². The quantitative estimate of drug-likeness (QED) is 0.483. The molecule has 2 unspecified atom stereocenters. The number of hydrogen-bond acceptors (Lipinski definition) is 4. The number of rotatable bonds is 8. The molecule has 0 amide bonds. The van der Waals surface area contributed by atoms with Crippen molar-refractivity contribution in [3.05, 3.63) is 59.7 Å². The first-order valence-corrected chi connectivity index (χ1v) is 11.0. The molecule has 2 atom stereocenters. The molecule has 0 spiro atoms. The van der Waals surface area contributed by atoms with Crippen LogP contribution in [0.4, 0.5) is 0 Å². The molecule has 33 heavy (non-hydrogen) atoms. The number of carboxylic acid groups (broad SMARTS) is 2. The van der Waals surface area contributed by atoms with Crippen molar-refractivity contribution in [2.45, 2.75) is 32.1 Å². The Morgan fingerprint density at radius 3 is 1.76 bits per heavy atom. The van der Waals surface area contributed by atoms with Crippen LogP contribution in [-0.2, 0) is 15.0 Å². The summed E-state index contributed by atoms with van der Waals surface area (Å²) in [6.45, 7) is 3.35. The van der Waals surface area contributed by atoms with Crippen molar-refractivity contribution in [3.63, 3.8) is 0 Å². The molecule has 0 heterocycles. The minimum atomic E-state index is -0.909. The molecule has 3 aromatic rings. The molecular weight excluding hydrogens is 420 g/mol. The number of hydrogen-bond donors (Lipinski definition) is 2. The van der Waals surface area contributed by atoms with Gasteiger partial charge in [-0.25, -0.2) is 0 Å². The zero-order valence-corrected chi connectivity index (χ0v) is 19.2. The van der Waals surface area contributed by atoms with Gasteiger partial charge in [0.05, 0.1) is 26.1 Å². The van der Waals surface area contributed by atoms with Gasteiger partial charge >= 0.3 is 11.9 Å². The highest BCUT2D eigenvalue weighted by Crippen LogP contribution is 2.57. The molecule has 0 radical (unpaired) electrons. The van der Waals surface area contributed by atoms with Gasteiger partial charge in [-0.1, -0.05) is 38.1 Å². The number of fused-ring (bicyclic) bond motifs is 4. The van der Waals surface area contributed by atoms with Gasteiger partial charge in [0, 0.05) is 5.41 Å². The van der Waals surface area contributed by atoms with Crippen LogP contribution in [0.5, 0.6) is 11.5 Å². The fraction of sp³-hybridized carbons (Fsp3) is 0.333. The van der Waals surface area contributed by atoms with Gasteiger partial charge in [-0.05, 0) is 70.1 Å². The summed E-state index contributed by atoms with van der Waals surface area (Å²) in [6, 6.07) is 16.0. The van der Waals surface area contributed by atoms with E-state index in [0.717, 1.165) is 33.0 Å². The van der Waals surface area contributed by atoms with Crippen molar-refractivity contribution < 1.29 is 29.3 Å². The Hall–Kier alpha value is -3.54. The Labute approximate surface area is 192 Å². The molecule has 6 nitrogen and oxygen atoms in total. The minimum Gasteiger partial charge on any atom is -0.493 e. The molecule has 6 heteroatoms. The van der Waals surface area contributed by atoms with E-state index in [2.05, 4.69) is 12.1 Å². The van der Waals surface area contributed by atoms with E-state index in [1.54, 1.807) is 28.1 Å². The van der Waals surface area contributed by atoms with E-state index in [4.69, 9.17) is 9.47 Å². The Balaban J connectivity index is 2.09. The lowest BCUT2D eigenvalue weighted by atomic mass is 9.67. The lowest BCUT2D eigenvalue weighted by molar-refractivity contribution is -0.142. The third-order valence-corrected chi connectivity index (χ3v) is 6.88. The zero-order valence-electron chi connectivity index (χ0n) is 19.2. The summed E-state index contributed by atoms with van der Waals surface area (Å²) in [4.78, 5) is 23.9. The van der Waals surface area contributed by atoms with Crippen LogP contribution in [0.3, 0.4) is 0 Å². The van der Waals surface area contributed by atoms with Crippen molar-refractivity contribution in [2.75, 3.05) is 14.2 Å². The van der Waals surface area contributed by atoms with Gasteiger partial charge in [0.25, 0.3) is 0 Å². The van der Waals surface area contributed by atoms with Crippen LogP contribution in [0.2, 0.25) is 0 Å². The Morgan fingerprint density at radius 2 is 1.24 bits per heavy atom. The second kappa shape index (κ2) is 8.43. The van der Waals surface area contributed by atoms with Crippen molar-refractivity contribution >= 4 is 22.7 Å². The first-order valence-electron chi connectivity index (χ1n) is 11.0. The summed E-state index contributed by atoms with van der Waals surface area (Å²) < 4.78 is 11.1. The number of carbonyl (C=O) groups is 2. The molecule has 1 aliphatic carbocycles. The molecule has 172 valence electrons. The molecule has 0 aliphatic heterocycles. The number of carboxylic acids is 2. The maximum Gasteiger partial charge on any atom is 0.306 e. The molecule has 2 N–H and O–H groups in total. The number of methoxy groups -OCH3 is 2. The van der Waals surface area contributed by atoms with E-state index in [1.165, 1.54) is 0 Å². The zero-order chi connectivity index (χ0) is 23.9. The Kier molecular flexibility index (Phi) is 5.78. The summed E-state index contributed by atoms with van der Waals surface area (Å²) in [5.74, 6) is -2.07. The number of ether oxygens (including phenoxy) is 2. The topological polar surface area (TPSA) is 93.1 Å². The van der Waals surface area contributed by atoms with Gasteiger partial charge < -0.3 is 19.7 Å². The Bertz CT molecular complexity index is 1220.